The molecular weight excluding hydrogens is 227 g/mol. The van der Waals surface area contributed by atoms with Crippen LogP contribution >= 0.6 is 0 Å². The van der Waals surface area contributed by atoms with E-state index in [1.807, 2.05) is 39.0 Å². The SMILES string of the molecule is COc1cc(-c2ccc(C)c(C)c2)c(F)cc1C. The summed E-state index contributed by atoms with van der Waals surface area (Å²) in [7, 11) is 1.60. The Kier molecular flexibility index (Phi) is 3.37. The van der Waals surface area contributed by atoms with Crippen LogP contribution in [0.5, 0.6) is 5.75 Å². The predicted molar refractivity (Wildman–Crippen MR) is 72.6 cm³/mol. The van der Waals surface area contributed by atoms with Crippen molar-refractivity contribution in [2.75, 3.05) is 7.11 Å². The molecule has 0 heterocycles. The van der Waals surface area contributed by atoms with Crippen LogP contribution in [0.15, 0.2) is 30.3 Å². The van der Waals surface area contributed by atoms with Crippen molar-refractivity contribution >= 4 is 0 Å². The summed E-state index contributed by atoms with van der Waals surface area (Å²) in [6.07, 6.45) is 0. The number of halogens is 1. The van der Waals surface area contributed by atoms with E-state index in [0.29, 0.717) is 11.3 Å². The van der Waals surface area contributed by atoms with E-state index in [1.165, 1.54) is 11.6 Å². The Hall–Kier alpha value is -1.83. The summed E-state index contributed by atoms with van der Waals surface area (Å²) in [5.74, 6) is 0.501. The maximum atomic E-state index is 14.0. The minimum absolute atomic E-state index is 0.212. The molecule has 2 aromatic carbocycles. The van der Waals surface area contributed by atoms with Crippen molar-refractivity contribution in [3.8, 4) is 16.9 Å². The third-order valence-corrected chi connectivity index (χ3v) is 3.30. The summed E-state index contributed by atoms with van der Waals surface area (Å²) in [6, 6.07) is 9.23. The molecule has 0 N–H and O–H groups in total. The number of methoxy groups -OCH3 is 1. The van der Waals surface area contributed by atoms with Crippen molar-refractivity contribution in [1.82, 2.24) is 0 Å². The van der Waals surface area contributed by atoms with E-state index < -0.39 is 0 Å². The number of benzene rings is 2. The normalized spacial score (nSPS) is 10.5. The van der Waals surface area contributed by atoms with Crippen molar-refractivity contribution in [1.29, 1.82) is 0 Å². The molecule has 0 aliphatic rings. The molecule has 2 aromatic rings. The first-order valence-corrected chi connectivity index (χ1v) is 5.94. The van der Waals surface area contributed by atoms with Gasteiger partial charge in [-0.05, 0) is 55.2 Å². The Bertz CT molecular complexity index is 588. The van der Waals surface area contributed by atoms with Crippen LogP contribution in [0, 0.1) is 26.6 Å². The number of rotatable bonds is 2. The number of hydrogen-bond acceptors (Lipinski definition) is 1. The van der Waals surface area contributed by atoms with Crippen LogP contribution in [0.25, 0.3) is 11.1 Å². The summed E-state index contributed by atoms with van der Waals surface area (Å²) in [5.41, 5.74) is 4.64. The van der Waals surface area contributed by atoms with Gasteiger partial charge in [0.15, 0.2) is 0 Å². The zero-order valence-electron chi connectivity index (χ0n) is 11.2. The monoisotopic (exact) mass is 244 g/mol. The highest BCUT2D eigenvalue weighted by atomic mass is 19.1. The van der Waals surface area contributed by atoms with Gasteiger partial charge in [-0.1, -0.05) is 18.2 Å². The minimum atomic E-state index is -0.212. The van der Waals surface area contributed by atoms with Crippen LogP contribution in [0.1, 0.15) is 16.7 Å². The van der Waals surface area contributed by atoms with Crippen LogP contribution in [0.2, 0.25) is 0 Å². The van der Waals surface area contributed by atoms with Gasteiger partial charge in [0.1, 0.15) is 11.6 Å². The molecule has 94 valence electrons. The molecule has 0 radical (unpaired) electrons. The van der Waals surface area contributed by atoms with Gasteiger partial charge in [-0.2, -0.15) is 0 Å². The van der Waals surface area contributed by atoms with E-state index in [1.54, 1.807) is 13.2 Å². The first kappa shape index (κ1) is 12.6. The molecule has 0 atom stereocenters. The lowest BCUT2D eigenvalue weighted by molar-refractivity contribution is 0.410. The second-order valence-electron chi connectivity index (χ2n) is 4.60. The Morgan fingerprint density at radius 3 is 2.22 bits per heavy atom. The van der Waals surface area contributed by atoms with Gasteiger partial charge in [0.25, 0.3) is 0 Å². The van der Waals surface area contributed by atoms with E-state index in [2.05, 4.69) is 0 Å². The smallest absolute Gasteiger partial charge is 0.131 e. The Labute approximate surface area is 107 Å². The number of aryl methyl sites for hydroxylation is 3. The van der Waals surface area contributed by atoms with Crippen LogP contribution < -0.4 is 4.74 Å². The van der Waals surface area contributed by atoms with Gasteiger partial charge in [0.2, 0.25) is 0 Å². The first-order chi connectivity index (χ1) is 8.52. The fraction of sp³-hybridized carbons (Fsp3) is 0.250. The van der Waals surface area contributed by atoms with Gasteiger partial charge in [-0.3, -0.25) is 0 Å². The fourth-order valence-corrected chi connectivity index (χ4v) is 2.00. The van der Waals surface area contributed by atoms with Gasteiger partial charge in [0, 0.05) is 5.56 Å². The van der Waals surface area contributed by atoms with Crippen molar-refractivity contribution < 1.29 is 9.13 Å². The summed E-state index contributed by atoms with van der Waals surface area (Å²) in [5, 5.41) is 0. The third kappa shape index (κ3) is 2.23. The summed E-state index contributed by atoms with van der Waals surface area (Å²) < 4.78 is 19.3. The molecule has 0 amide bonds. The maximum absolute atomic E-state index is 14.0. The molecular formula is C16H17FO. The maximum Gasteiger partial charge on any atom is 0.131 e. The average Bonchev–Trinajstić information content (AvgIpc) is 2.33. The van der Waals surface area contributed by atoms with Crippen LogP contribution in [0.4, 0.5) is 4.39 Å². The molecule has 1 nitrogen and oxygen atoms in total. The van der Waals surface area contributed by atoms with Crippen molar-refractivity contribution in [2.24, 2.45) is 0 Å². The Morgan fingerprint density at radius 1 is 0.889 bits per heavy atom. The number of ether oxygens (including phenoxy) is 1. The van der Waals surface area contributed by atoms with E-state index in [0.717, 1.165) is 16.7 Å². The van der Waals surface area contributed by atoms with E-state index in [9.17, 15) is 4.39 Å². The van der Waals surface area contributed by atoms with Gasteiger partial charge >= 0.3 is 0 Å². The first-order valence-electron chi connectivity index (χ1n) is 5.94. The van der Waals surface area contributed by atoms with E-state index >= 15 is 0 Å². The van der Waals surface area contributed by atoms with Crippen molar-refractivity contribution in [2.45, 2.75) is 20.8 Å². The molecule has 0 spiro atoms. The Morgan fingerprint density at radius 2 is 1.61 bits per heavy atom. The molecule has 18 heavy (non-hydrogen) atoms. The predicted octanol–water partition coefficient (Wildman–Crippen LogP) is 4.43. The highest BCUT2D eigenvalue weighted by Crippen LogP contribution is 2.30. The van der Waals surface area contributed by atoms with Gasteiger partial charge in [-0.25, -0.2) is 4.39 Å². The molecule has 0 saturated heterocycles. The molecule has 0 bridgehead atoms. The van der Waals surface area contributed by atoms with Crippen LogP contribution in [0.3, 0.4) is 0 Å². The standard InChI is InChI=1S/C16H17FO/c1-10-5-6-13(7-11(10)2)14-9-16(18-4)12(3)8-15(14)17/h5-9H,1-4H3. The van der Waals surface area contributed by atoms with E-state index in [-0.39, 0.29) is 5.82 Å². The summed E-state index contributed by atoms with van der Waals surface area (Å²) in [6.45, 7) is 5.92. The molecule has 0 aliphatic carbocycles. The molecule has 0 unspecified atom stereocenters. The number of hydrogen-bond donors (Lipinski definition) is 0. The third-order valence-electron chi connectivity index (χ3n) is 3.30. The zero-order chi connectivity index (χ0) is 13.3. The molecule has 2 heteroatoms. The molecule has 0 fully saturated rings. The Balaban J connectivity index is 2.59. The lowest BCUT2D eigenvalue weighted by Gasteiger charge is -2.11. The lowest BCUT2D eigenvalue weighted by atomic mass is 9.99. The molecule has 0 saturated carbocycles. The van der Waals surface area contributed by atoms with Crippen molar-refractivity contribution in [3.63, 3.8) is 0 Å². The highest BCUT2D eigenvalue weighted by molar-refractivity contribution is 5.68. The van der Waals surface area contributed by atoms with E-state index in [4.69, 9.17) is 4.74 Å². The average molecular weight is 244 g/mol. The minimum Gasteiger partial charge on any atom is -0.496 e. The second-order valence-corrected chi connectivity index (χ2v) is 4.60. The van der Waals surface area contributed by atoms with Crippen molar-refractivity contribution in [3.05, 3.63) is 52.8 Å². The van der Waals surface area contributed by atoms with Gasteiger partial charge in [0.05, 0.1) is 7.11 Å². The zero-order valence-corrected chi connectivity index (χ0v) is 11.2. The van der Waals surface area contributed by atoms with Crippen LogP contribution in [-0.4, -0.2) is 7.11 Å². The lowest BCUT2D eigenvalue weighted by Crippen LogP contribution is -1.93. The topological polar surface area (TPSA) is 9.23 Å². The van der Waals surface area contributed by atoms with Gasteiger partial charge < -0.3 is 4.74 Å². The summed E-state index contributed by atoms with van der Waals surface area (Å²) >= 11 is 0. The quantitative estimate of drug-likeness (QED) is 0.759. The largest absolute Gasteiger partial charge is 0.496 e. The molecule has 0 aliphatic heterocycles. The highest BCUT2D eigenvalue weighted by Gasteiger charge is 2.10. The molecule has 0 aromatic heterocycles. The van der Waals surface area contributed by atoms with Crippen LogP contribution in [-0.2, 0) is 0 Å². The molecule has 2 rings (SSSR count). The summed E-state index contributed by atoms with van der Waals surface area (Å²) in [4.78, 5) is 0. The van der Waals surface area contributed by atoms with Gasteiger partial charge in [-0.15, -0.1) is 0 Å². The second kappa shape index (κ2) is 4.81. The fourth-order valence-electron chi connectivity index (χ4n) is 2.00.